The fraction of sp³-hybridized carbons (Fsp3) is 0.200. The van der Waals surface area contributed by atoms with Gasteiger partial charge in [-0.2, -0.15) is 4.40 Å². The Balaban J connectivity index is 1.84. The molecular weight excluding hydrogens is 468 g/mol. The molecule has 7 nitrogen and oxygen atoms in total. The maximum absolute atomic E-state index is 13.4. The molecule has 0 atom stereocenters. The minimum Gasteiger partial charge on any atom is -0.493 e. The number of ether oxygens (including phenoxy) is 4. The topological polar surface area (TPSA) is 62.3 Å². The number of benzene rings is 3. The Labute approximate surface area is 215 Å². The first-order valence-electron chi connectivity index (χ1n) is 11.9. The maximum atomic E-state index is 13.4. The highest BCUT2D eigenvalue weighted by atomic mass is 16.5. The van der Waals surface area contributed by atoms with Gasteiger partial charge in [-0.05, 0) is 41.8 Å². The number of aryl methyl sites for hydroxylation is 1. The summed E-state index contributed by atoms with van der Waals surface area (Å²) >= 11 is 0. The summed E-state index contributed by atoms with van der Waals surface area (Å²) in [5.41, 5.74) is 3.40. The molecule has 2 heterocycles. The zero-order valence-electron chi connectivity index (χ0n) is 21.6. The number of nitrogens with zero attached hydrogens (tertiary/aromatic N) is 2. The Morgan fingerprint density at radius 2 is 1.43 bits per heavy atom. The normalized spacial score (nSPS) is 11.1. The molecule has 0 spiro atoms. The molecule has 0 aliphatic carbocycles. The van der Waals surface area contributed by atoms with Crippen LogP contribution in [-0.4, -0.2) is 38.6 Å². The number of ketones is 1. The van der Waals surface area contributed by atoms with Crippen LogP contribution in [0.2, 0.25) is 0 Å². The van der Waals surface area contributed by atoms with Crippen molar-refractivity contribution in [2.75, 3.05) is 28.4 Å². The van der Waals surface area contributed by atoms with Crippen molar-refractivity contribution in [3.63, 3.8) is 0 Å². The number of hydrogen-bond donors (Lipinski definition) is 0. The van der Waals surface area contributed by atoms with E-state index < -0.39 is 0 Å². The van der Waals surface area contributed by atoms with Gasteiger partial charge in [0.2, 0.25) is 5.78 Å². The summed E-state index contributed by atoms with van der Waals surface area (Å²) in [6.45, 7) is 2.19. The van der Waals surface area contributed by atoms with Gasteiger partial charge in [-0.15, -0.1) is 0 Å². The number of carbonyl (C=O) groups excluding carboxylic acids is 1. The minimum absolute atomic E-state index is 0.0230. The van der Waals surface area contributed by atoms with E-state index in [1.54, 1.807) is 28.4 Å². The highest BCUT2D eigenvalue weighted by Crippen LogP contribution is 2.39. The third kappa shape index (κ3) is 4.12. The van der Waals surface area contributed by atoms with Crippen LogP contribution in [0.3, 0.4) is 0 Å². The number of fused-ring (bicyclic) bond motifs is 3. The van der Waals surface area contributed by atoms with E-state index in [0.717, 1.165) is 33.4 Å². The number of hydrogen-bond acceptors (Lipinski definition) is 5. The Kier molecular flexibility index (Phi) is 6.44. The second kappa shape index (κ2) is 9.85. The first-order chi connectivity index (χ1) is 18.0. The fourth-order valence-corrected chi connectivity index (χ4v) is 4.86. The van der Waals surface area contributed by atoms with Crippen LogP contribution in [0.1, 0.15) is 16.2 Å². The van der Waals surface area contributed by atoms with Crippen LogP contribution in [0.15, 0.2) is 72.9 Å². The quantitative estimate of drug-likeness (QED) is 0.216. The highest BCUT2D eigenvalue weighted by molar-refractivity contribution is 6.03. The number of rotatable bonds is 8. The maximum Gasteiger partial charge on any atom is 0.259 e. The number of carbonyl (C=O) groups is 1. The van der Waals surface area contributed by atoms with Crippen molar-refractivity contribution in [2.45, 2.75) is 13.5 Å². The zero-order chi connectivity index (χ0) is 26.1. The summed E-state index contributed by atoms with van der Waals surface area (Å²) in [4.78, 5) is 13.4. The number of methoxy groups -OCH3 is 4. The third-order valence-electron chi connectivity index (χ3n) is 6.74. The second-order valence-electron chi connectivity index (χ2n) is 8.67. The largest absolute Gasteiger partial charge is 0.493 e. The van der Waals surface area contributed by atoms with Crippen LogP contribution in [0, 0.1) is 6.92 Å². The summed E-state index contributed by atoms with van der Waals surface area (Å²) in [6, 6.07) is 21.1. The van der Waals surface area contributed by atoms with Crippen LogP contribution < -0.4 is 23.5 Å². The van der Waals surface area contributed by atoms with E-state index >= 15 is 0 Å². The molecule has 0 radical (unpaired) electrons. The molecule has 0 saturated heterocycles. The molecule has 7 heteroatoms. The van der Waals surface area contributed by atoms with E-state index in [0.29, 0.717) is 28.6 Å². The van der Waals surface area contributed by atoms with Gasteiger partial charge in [-0.25, -0.2) is 4.57 Å². The average molecular weight is 498 g/mol. The lowest BCUT2D eigenvalue weighted by atomic mass is 10.0. The van der Waals surface area contributed by atoms with Crippen molar-refractivity contribution < 1.29 is 28.3 Å². The van der Waals surface area contributed by atoms with Crippen molar-refractivity contribution in [1.82, 2.24) is 4.40 Å². The van der Waals surface area contributed by atoms with Gasteiger partial charge in [-0.3, -0.25) is 4.79 Å². The lowest BCUT2D eigenvalue weighted by Gasteiger charge is -2.11. The molecule has 0 bridgehead atoms. The molecule has 37 heavy (non-hydrogen) atoms. The zero-order valence-corrected chi connectivity index (χ0v) is 21.6. The molecule has 5 aromatic rings. The Morgan fingerprint density at radius 3 is 2.11 bits per heavy atom. The number of Topliss-reactive ketones (excluding diaryl/α,β-unsaturated/α-hetero) is 1. The number of aromatic nitrogens is 2. The minimum atomic E-state index is 0.0230. The molecule has 0 amide bonds. The van der Waals surface area contributed by atoms with E-state index in [1.165, 1.54) is 0 Å². The first-order valence-corrected chi connectivity index (χ1v) is 11.9. The summed E-state index contributed by atoms with van der Waals surface area (Å²) in [5, 5.41) is 1.96. The molecule has 0 fully saturated rings. The van der Waals surface area contributed by atoms with Crippen molar-refractivity contribution in [3.8, 4) is 34.3 Å². The molecule has 3 aromatic carbocycles. The average Bonchev–Trinajstić information content (AvgIpc) is 3.23. The van der Waals surface area contributed by atoms with Gasteiger partial charge >= 0.3 is 0 Å². The van der Waals surface area contributed by atoms with Crippen molar-refractivity contribution in [1.29, 1.82) is 0 Å². The molecule has 0 aliphatic rings. The monoisotopic (exact) mass is 497 g/mol. The van der Waals surface area contributed by atoms with Crippen molar-refractivity contribution >= 4 is 22.1 Å². The van der Waals surface area contributed by atoms with Gasteiger partial charge in [0.25, 0.3) is 5.82 Å². The van der Waals surface area contributed by atoms with E-state index in [1.807, 2.05) is 79.9 Å². The van der Waals surface area contributed by atoms with E-state index in [-0.39, 0.29) is 12.3 Å². The van der Waals surface area contributed by atoms with Crippen LogP contribution in [0.4, 0.5) is 0 Å². The van der Waals surface area contributed by atoms with E-state index in [9.17, 15) is 4.79 Å². The highest BCUT2D eigenvalue weighted by Gasteiger charge is 2.29. The summed E-state index contributed by atoms with van der Waals surface area (Å²) in [6.07, 6.45) is 2.02. The molecule has 0 unspecified atom stereocenters. The SMILES string of the molecule is COc1ccc(-c2c3c4cc(OC)c(OC)cc4ccn3c(C)[n+]2CC(=O)c2ccccc2)cc1OC. The van der Waals surface area contributed by atoms with E-state index in [4.69, 9.17) is 18.9 Å². The lowest BCUT2D eigenvalue weighted by Crippen LogP contribution is -2.41. The molecular formula is C30H29N2O5+. The van der Waals surface area contributed by atoms with Crippen LogP contribution in [0.25, 0.3) is 27.5 Å². The predicted molar refractivity (Wildman–Crippen MR) is 142 cm³/mol. The van der Waals surface area contributed by atoms with Gasteiger partial charge in [0.05, 0.1) is 34.6 Å². The third-order valence-corrected chi connectivity index (χ3v) is 6.74. The number of pyridine rings is 1. The van der Waals surface area contributed by atoms with Crippen molar-refractivity contribution in [3.05, 3.63) is 84.3 Å². The lowest BCUT2D eigenvalue weighted by molar-refractivity contribution is -0.677. The van der Waals surface area contributed by atoms with Gasteiger partial charge in [0.1, 0.15) is 0 Å². The molecule has 2 aromatic heterocycles. The van der Waals surface area contributed by atoms with Gasteiger partial charge in [-0.1, -0.05) is 30.3 Å². The first kappa shape index (κ1) is 24.2. The molecule has 188 valence electrons. The molecule has 5 rings (SSSR count). The van der Waals surface area contributed by atoms with Gasteiger partial charge < -0.3 is 18.9 Å². The fourth-order valence-electron chi connectivity index (χ4n) is 4.86. The molecule has 0 saturated carbocycles. The van der Waals surface area contributed by atoms with Gasteiger partial charge in [0.15, 0.2) is 40.8 Å². The van der Waals surface area contributed by atoms with Crippen LogP contribution in [-0.2, 0) is 6.54 Å². The second-order valence-corrected chi connectivity index (χ2v) is 8.67. The molecule has 0 aliphatic heterocycles. The Bertz CT molecular complexity index is 1620. The van der Waals surface area contributed by atoms with Gasteiger partial charge in [0, 0.05) is 23.4 Å². The summed E-state index contributed by atoms with van der Waals surface area (Å²) < 4.78 is 26.4. The Hall–Kier alpha value is -4.52. The van der Waals surface area contributed by atoms with Crippen molar-refractivity contribution in [2.24, 2.45) is 0 Å². The summed E-state index contributed by atoms with van der Waals surface area (Å²) in [7, 11) is 6.48. The number of imidazole rings is 1. The van der Waals surface area contributed by atoms with Crippen LogP contribution in [0.5, 0.6) is 23.0 Å². The molecule has 0 N–H and O–H groups in total. The predicted octanol–water partition coefficient (Wildman–Crippen LogP) is 5.27. The Morgan fingerprint density at radius 1 is 0.784 bits per heavy atom. The smallest absolute Gasteiger partial charge is 0.259 e. The van der Waals surface area contributed by atoms with E-state index in [2.05, 4.69) is 8.97 Å². The standard InChI is InChI=1S/C30H29N2O5/c1-19-31-14-13-21-15-27(36-4)28(37-5)17-23(21)30(31)29(22-11-12-25(34-2)26(16-22)35-3)32(19)18-24(33)20-9-7-6-8-10-20/h6-17H,18H2,1-5H3/q+1. The summed E-state index contributed by atoms with van der Waals surface area (Å²) in [5.74, 6) is 3.47. The van der Waals surface area contributed by atoms with Crippen LogP contribution >= 0.6 is 0 Å².